The van der Waals surface area contributed by atoms with Gasteiger partial charge in [0.15, 0.2) is 0 Å². The van der Waals surface area contributed by atoms with Crippen LogP contribution in [-0.2, 0) is 4.79 Å². The number of para-hydroxylation sites is 1. The van der Waals surface area contributed by atoms with E-state index in [1.54, 1.807) is 12.1 Å². The fourth-order valence-electron chi connectivity index (χ4n) is 2.45. The number of hydrogen-bond donors (Lipinski definition) is 3. The lowest BCUT2D eigenvalue weighted by atomic mass is 10.1. The second kappa shape index (κ2) is 6.30. The topological polar surface area (TPSA) is 70.2 Å². The average Bonchev–Trinajstić information content (AvgIpc) is 3.35. The lowest BCUT2D eigenvalue weighted by Crippen LogP contribution is -2.44. The lowest BCUT2D eigenvalue weighted by Gasteiger charge is -2.08. The lowest BCUT2D eigenvalue weighted by molar-refractivity contribution is -0.123. The second-order valence-electron chi connectivity index (χ2n) is 5.29. The van der Waals surface area contributed by atoms with Gasteiger partial charge in [-0.05, 0) is 30.0 Å². The number of nitrogens with one attached hydrogen (secondary N) is 3. The molecule has 0 heterocycles. The molecule has 0 bridgehead atoms. The van der Waals surface area contributed by atoms with Gasteiger partial charge in [0.2, 0.25) is 5.91 Å². The molecule has 1 fully saturated rings. The van der Waals surface area contributed by atoms with Crippen molar-refractivity contribution in [2.75, 3.05) is 5.32 Å². The van der Waals surface area contributed by atoms with Gasteiger partial charge in [-0.3, -0.25) is 10.2 Å². The summed E-state index contributed by atoms with van der Waals surface area (Å²) in [7, 11) is 0. The Balaban J connectivity index is 1.45. The third kappa shape index (κ3) is 3.44. The number of amides is 3. The van der Waals surface area contributed by atoms with E-state index in [0.717, 1.165) is 12.0 Å². The first-order chi connectivity index (χ1) is 10.7. The molecule has 0 aromatic heterocycles. The van der Waals surface area contributed by atoms with Crippen LogP contribution >= 0.6 is 0 Å². The minimum atomic E-state index is -0.462. The molecule has 2 aromatic rings. The number of carbonyl (C=O) groups excluding carboxylic acids is 2. The SMILES string of the molecule is O=C(NNC(=O)[C@H]1C[C@@H]1c1ccccc1)Nc1ccccc1. The van der Waals surface area contributed by atoms with E-state index in [9.17, 15) is 9.59 Å². The number of benzene rings is 2. The number of carbonyl (C=O) groups is 2. The zero-order chi connectivity index (χ0) is 15.4. The Morgan fingerprint density at radius 2 is 1.50 bits per heavy atom. The minimum Gasteiger partial charge on any atom is -0.307 e. The Morgan fingerprint density at radius 3 is 2.18 bits per heavy atom. The summed E-state index contributed by atoms with van der Waals surface area (Å²) in [6.45, 7) is 0. The van der Waals surface area contributed by atoms with Crippen molar-refractivity contribution in [3.63, 3.8) is 0 Å². The van der Waals surface area contributed by atoms with Gasteiger partial charge in [0.25, 0.3) is 0 Å². The molecule has 3 amide bonds. The summed E-state index contributed by atoms with van der Waals surface area (Å²) in [6, 6.07) is 18.5. The molecule has 1 aliphatic rings. The fourth-order valence-corrected chi connectivity index (χ4v) is 2.45. The van der Waals surface area contributed by atoms with E-state index in [4.69, 9.17) is 0 Å². The van der Waals surface area contributed by atoms with Crippen LogP contribution in [0.15, 0.2) is 60.7 Å². The van der Waals surface area contributed by atoms with Gasteiger partial charge in [-0.2, -0.15) is 0 Å². The maximum atomic E-state index is 12.0. The molecule has 112 valence electrons. The first kappa shape index (κ1) is 14.1. The maximum Gasteiger partial charge on any atom is 0.337 e. The van der Waals surface area contributed by atoms with Gasteiger partial charge in [0.1, 0.15) is 0 Å². The third-order valence-electron chi connectivity index (χ3n) is 3.69. The summed E-state index contributed by atoms with van der Waals surface area (Å²) >= 11 is 0. The van der Waals surface area contributed by atoms with Crippen LogP contribution in [-0.4, -0.2) is 11.9 Å². The number of anilines is 1. The number of hydrogen-bond acceptors (Lipinski definition) is 2. The van der Waals surface area contributed by atoms with Crippen molar-refractivity contribution < 1.29 is 9.59 Å². The predicted octanol–water partition coefficient (Wildman–Crippen LogP) is 2.64. The van der Waals surface area contributed by atoms with Crippen LogP contribution in [0.25, 0.3) is 0 Å². The van der Waals surface area contributed by atoms with E-state index in [-0.39, 0.29) is 17.7 Å². The highest BCUT2D eigenvalue weighted by molar-refractivity contribution is 5.91. The quantitative estimate of drug-likeness (QED) is 0.762. The molecule has 1 aliphatic carbocycles. The standard InChI is InChI=1S/C17H17N3O2/c21-16(15-11-14(15)12-7-3-1-4-8-12)19-20-17(22)18-13-9-5-2-6-10-13/h1-10,14-15H,11H2,(H,19,21)(H2,18,20,22)/t14-,15+/m1/s1. The number of rotatable bonds is 3. The molecule has 2 atom stereocenters. The zero-order valence-corrected chi connectivity index (χ0v) is 12.0. The molecule has 0 radical (unpaired) electrons. The van der Waals surface area contributed by atoms with Crippen LogP contribution in [0, 0.1) is 5.92 Å². The molecule has 3 N–H and O–H groups in total. The van der Waals surface area contributed by atoms with Crippen molar-refractivity contribution in [2.45, 2.75) is 12.3 Å². The van der Waals surface area contributed by atoms with Gasteiger partial charge in [-0.15, -0.1) is 0 Å². The summed E-state index contributed by atoms with van der Waals surface area (Å²) in [5.41, 5.74) is 6.67. The van der Waals surface area contributed by atoms with Crippen molar-refractivity contribution in [1.29, 1.82) is 0 Å². The Bertz CT molecular complexity index is 658. The smallest absolute Gasteiger partial charge is 0.307 e. The van der Waals surface area contributed by atoms with Crippen molar-refractivity contribution >= 4 is 17.6 Å². The van der Waals surface area contributed by atoms with Gasteiger partial charge >= 0.3 is 6.03 Å². The molecule has 0 aliphatic heterocycles. The van der Waals surface area contributed by atoms with Crippen LogP contribution < -0.4 is 16.2 Å². The molecule has 3 rings (SSSR count). The molecule has 2 aromatic carbocycles. The van der Waals surface area contributed by atoms with Crippen molar-refractivity contribution in [3.05, 3.63) is 66.2 Å². The summed E-state index contributed by atoms with van der Waals surface area (Å²) in [5.74, 6) is 0.0247. The van der Waals surface area contributed by atoms with Crippen LogP contribution in [0.4, 0.5) is 10.5 Å². The van der Waals surface area contributed by atoms with E-state index in [2.05, 4.69) is 16.2 Å². The van der Waals surface area contributed by atoms with Crippen molar-refractivity contribution in [3.8, 4) is 0 Å². The molecule has 0 unspecified atom stereocenters. The highest BCUT2D eigenvalue weighted by Gasteiger charge is 2.43. The van der Waals surface area contributed by atoms with Crippen LogP contribution in [0.1, 0.15) is 17.9 Å². The highest BCUT2D eigenvalue weighted by atomic mass is 16.2. The molecule has 0 saturated heterocycles. The van der Waals surface area contributed by atoms with E-state index in [1.165, 1.54) is 0 Å². The molecule has 1 saturated carbocycles. The summed E-state index contributed by atoms with van der Waals surface area (Å²) in [4.78, 5) is 23.7. The van der Waals surface area contributed by atoms with Crippen molar-refractivity contribution in [2.24, 2.45) is 5.92 Å². The Kier molecular flexibility index (Phi) is 4.05. The van der Waals surface area contributed by atoms with Crippen LogP contribution in [0.3, 0.4) is 0 Å². The van der Waals surface area contributed by atoms with E-state index in [1.807, 2.05) is 48.5 Å². The van der Waals surface area contributed by atoms with Crippen molar-refractivity contribution in [1.82, 2.24) is 10.9 Å². The summed E-state index contributed by atoms with van der Waals surface area (Å²) in [5, 5.41) is 2.63. The molecule has 0 spiro atoms. The van der Waals surface area contributed by atoms with E-state index < -0.39 is 6.03 Å². The predicted molar refractivity (Wildman–Crippen MR) is 84.0 cm³/mol. The zero-order valence-electron chi connectivity index (χ0n) is 12.0. The van der Waals surface area contributed by atoms with Gasteiger partial charge in [-0.25, -0.2) is 10.2 Å². The number of hydrazine groups is 1. The normalized spacial score (nSPS) is 19.1. The minimum absolute atomic E-state index is 0.0700. The second-order valence-corrected chi connectivity index (χ2v) is 5.29. The first-order valence-electron chi connectivity index (χ1n) is 7.21. The fraction of sp³-hybridized carbons (Fsp3) is 0.176. The van der Waals surface area contributed by atoms with E-state index in [0.29, 0.717) is 5.69 Å². The molecule has 22 heavy (non-hydrogen) atoms. The monoisotopic (exact) mass is 295 g/mol. The Morgan fingerprint density at radius 1 is 0.864 bits per heavy atom. The van der Waals surface area contributed by atoms with Gasteiger partial charge in [0.05, 0.1) is 0 Å². The van der Waals surface area contributed by atoms with Crippen LogP contribution in [0.2, 0.25) is 0 Å². The van der Waals surface area contributed by atoms with E-state index >= 15 is 0 Å². The summed E-state index contributed by atoms with van der Waals surface area (Å²) < 4.78 is 0. The third-order valence-corrected chi connectivity index (χ3v) is 3.69. The largest absolute Gasteiger partial charge is 0.337 e. The first-order valence-corrected chi connectivity index (χ1v) is 7.21. The van der Waals surface area contributed by atoms with Gasteiger partial charge < -0.3 is 5.32 Å². The molecule has 5 nitrogen and oxygen atoms in total. The Labute approximate surface area is 128 Å². The van der Waals surface area contributed by atoms with Gasteiger partial charge in [0, 0.05) is 11.6 Å². The van der Waals surface area contributed by atoms with Crippen LogP contribution in [0.5, 0.6) is 0 Å². The molecular weight excluding hydrogens is 278 g/mol. The van der Waals surface area contributed by atoms with Gasteiger partial charge in [-0.1, -0.05) is 48.5 Å². The molecule has 5 heteroatoms. The molecular formula is C17H17N3O2. The Hall–Kier alpha value is -2.82. The summed E-state index contributed by atoms with van der Waals surface area (Å²) in [6.07, 6.45) is 0.817. The highest BCUT2D eigenvalue weighted by Crippen LogP contribution is 2.47. The average molecular weight is 295 g/mol. The maximum absolute atomic E-state index is 12.0. The number of urea groups is 1.